The number of amides is 3. The summed E-state index contributed by atoms with van der Waals surface area (Å²) in [6, 6.07) is 5.25. The van der Waals surface area contributed by atoms with Crippen LogP contribution in [0.2, 0.25) is 0 Å². The summed E-state index contributed by atoms with van der Waals surface area (Å²) in [5.41, 5.74) is 0.175. The molecule has 0 saturated carbocycles. The van der Waals surface area contributed by atoms with E-state index in [9.17, 15) is 14.4 Å². The molecule has 2 fully saturated rings. The average Bonchev–Trinajstić information content (AvgIpc) is 3.17. The first-order valence-corrected chi connectivity index (χ1v) is 9.47. The van der Waals surface area contributed by atoms with Gasteiger partial charge < -0.3 is 5.32 Å². The molecule has 6 nitrogen and oxygen atoms in total. The van der Waals surface area contributed by atoms with Crippen LogP contribution in [0.5, 0.6) is 0 Å². The Balaban J connectivity index is 1.92. The van der Waals surface area contributed by atoms with Gasteiger partial charge in [0.1, 0.15) is 5.54 Å². The Kier molecular flexibility index (Phi) is 3.86. The van der Waals surface area contributed by atoms with Crippen LogP contribution < -0.4 is 10.6 Å². The van der Waals surface area contributed by atoms with Crippen molar-refractivity contribution in [2.24, 2.45) is 17.8 Å². The number of carbonyl (C=O) groups excluding carboxylic acids is 3. The number of benzene rings is 1. The van der Waals surface area contributed by atoms with E-state index in [1.54, 1.807) is 6.08 Å². The summed E-state index contributed by atoms with van der Waals surface area (Å²) >= 11 is 3.45. The summed E-state index contributed by atoms with van der Waals surface area (Å²) in [7, 11) is 0. The van der Waals surface area contributed by atoms with Crippen molar-refractivity contribution in [1.29, 1.82) is 0 Å². The highest BCUT2D eigenvalue weighted by Gasteiger charge is 2.70. The maximum atomic E-state index is 13.2. The van der Waals surface area contributed by atoms with Crippen LogP contribution in [0.3, 0.4) is 0 Å². The van der Waals surface area contributed by atoms with E-state index >= 15 is 0 Å². The quantitative estimate of drug-likeness (QED) is 0.582. The number of hydrogen-bond acceptors (Lipinski definition) is 4. The molecule has 3 aliphatic heterocycles. The van der Waals surface area contributed by atoms with E-state index in [0.717, 1.165) is 10.0 Å². The molecule has 136 valence electrons. The molecule has 0 aromatic heterocycles. The molecule has 3 aliphatic rings. The maximum Gasteiger partial charge on any atom is 0.250 e. The van der Waals surface area contributed by atoms with Crippen LogP contribution in [0.4, 0.5) is 5.69 Å². The van der Waals surface area contributed by atoms with Crippen LogP contribution in [0.1, 0.15) is 19.4 Å². The van der Waals surface area contributed by atoms with Crippen LogP contribution in [0.15, 0.2) is 35.3 Å². The first-order chi connectivity index (χ1) is 12.3. The minimum atomic E-state index is -1.22. The largest absolute Gasteiger partial charge is 0.324 e. The molecular formula is C19H20BrN3O3. The van der Waals surface area contributed by atoms with Gasteiger partial charge in [-0.25, -0.2) is 0 Å². The smallest absolute Gasteiger partial charge is 0.250 e. The molecule has 0 bridgehead atoms. The summed E-state index contributed by atoms with van der Waals surface area (Å²) in [5.74, 6) is -2.02. The third-order valence-electron chi connectivity index (χ3n) is 5.73. The Morgan fingerprint density at radius 3 is 2.69 bits per heavy atom. The molecular weight excluding hydrogens is 398 g/mol. The van der Waals surface area contributed by atoms with Gasteiger partial charge in [-0.2, -0.15) is 0 Å². The lowest BCUT2D eigenvalue weighted by Gasteiger charge is -2.30. The van der Waals surface area contributed by atoms with Crippen molar-refractivity contribution in [3.8, 4) is 0 Å². The number of carbonyl (C=O) groups is 3. The Labute approximate surface area is 160 Å². The number of likely N-dealkylation sites (tertiary alicyclic amines) is 1. The number of rotatable bonds is 3. The molecule has 2 saturated heterocycles. The zero-order valence-corrected chi connectivity index (χ0v) is 16.2. The van der Waals surface area contributed by atoms with E-state index in [4.69, 9.17) is 0 Å². The van der Waals surface area contributed by atoms with E-state index in [2.05, 4.69) is 33.1 Å². The SMILES string of the molecule is C=CCN1C(=O)[C@H]2[C@H](C(C)C)N[C@@]3(C(=O)Nc4ccc(Br)cc43)[C@H]2C1=O. The number of nitrogens with zero attached hydrogens (tertiary/aromatic N) is 1. The fraction of sp³-hybridized carbons (Fsp3) is 0.421. The minimum Gasteiger partial charge on any atom is -0.324 e. The number of anilines is 1. The molecule has 1 spiro atoms. The van der Waals surface area contributed by atoms with Crippen molar-refractivity contribution in [1.82, 2.24) is 10.2 Å². The lowest BCUT2D eigenvalue weighted by molar-refractivity contribution is -0.142. The molecule has 26 heavy (non-hydrogen) atoms. The van der Waals surface area contributed by atoms with Gasteiger partial charge in [-0.1, -0.05) is 35.9 Å². The summed E-state index contributed by atoms with van der Waals surface area (Å²) in [6.45, 7) is 7.80. The summed E-state index contributed by atoms with van der Waals surface area (Å²) in [5, 5.41) is 6.28. The third-order valence-corrected chi connectivity index (χ3v) is 6.23. The third kappa shape index (κ3) is 2.04. The highest BCUT2D eigenvalue weighted by molar-refractivity contribution is 9.10. The van der Waals surface area contributed by atoms with Gasteiger partial charge in [0.2, 0.25) is 17.7 Å². The number of hydrogen-bond donors (Lipinski definition) is 2. The van der Waals surface area contributed by atoms with E-state index in [1.807, 2.05) is 32.0 Å². The van der Waals surface area contributed by atoms with Crippen molar-refractivity contribution < 1.29 is 14.4 Å². The summed E-state index contributed by atoms with van der Waals surface area (Å²) < 4.78 is 0.818. The molecule has 1 aromatic carbocycles. The van der Waals surface area contributed by atoms with Gasteiger partial charge in [0.05, 0.1) is 11.8 Å². The van der Waals surface area contributed by atoms with Crippen LogP contribution in [-0.4, -0.2) is 35.2 Å². The Morgan fingerprint density at radius 2 is 2.04 bits per heavy atom. The van der Waals surface area contributed by atoms with Crippen LogP contribution in [0, 0.1) is 17.8 Å². The highest BCUT2D eigenvalue weighted by Crippen LogP contribution is 2.54. The predicted octanol–water partition coefficient (Wildman–Crippen LogP) is 2.01. The normalized spacial score (nSPS) is 32.4. The minimum absolute atomic E-state index is 0.0892. The van der Waals surface area contributed by atoms with E-state index < -0.39 is 17.4 Å². The fourth-order valence-corrected chi connectivity index (χ4v) is 5.01. The van der Waals surface area contributed by atoms with Gasteiger partial charge >= 0.3 is 0 Å². The van der Waals surface area contributed by atoms with Crippen LogP contribution in [0.25, 0.3) is 0 Å². The molecule has 3 amide bonds. The first kappa shape index (κ1) is 17.4. The molecule has 2 N–H and O–H groups in total. The van der Waals surface area contributed by atoms with Crippen molar-refractivity contribution in [3.63, 3.8) is 0 Å². The molecule has 0 unspecified atom stereocenters. The Morgan fingerprint density at radius 1 is 1.31 bits per heavy atom. The van der Waals surface area contributed by atoms with Crippen molar-refractivity contribution in [2.45, 2.75) is 25.4 Å². The number of nitrogens with one attached hydrogen (secondary N) is 2. The zero-order valence-electron chi connectivity index (χ0n) is 14.6. The van der Waals surface area contributed by atoms with Crippen LogP contribution in [-0.2, 0) is 19.9 Å². The monoisotopic (exact) mass is 417 g/mol. The molecule has 1 aromatic rings. The van der Waals surface area contributed by atoms with Gasteiger partial charge in [0.15, 0.2) is 0 Å². The number of fused-ring (bicyclic) bond motifs is 4. The van der Waals surface area contributed by atoms with Crippen LogP contribution >= 0.6 is 15.9 Å². The number of imide groups is 1. The lowest BCUT2D eigenvalue weighted by Crippen LogP contribution is -2.54. The maximum absolute atomic E-state index is 13.2. The Hall–Kier alpha value is -1.99. The number of halogens is 1. The summed E-state index contributed by atoms with van der Waals surface area (Å²) in [4.78, 5) is 40.5. The van der Waals surface area contributed by atoms with Gasteiger partial charge in [-0.05, 0) is 24.1 Å². The topological polar surface area (TPSA) is 78.5 Å². The first-order valence-electron chi connectivity index (χ1n) is 8.68. The Bertz CT molecular complexity index is 852. The zero-order chi connectivity index (χ0) is 18.8. The molecule has 7 heteroatoms. The van der Waals surface area contributed by atoms with E-state index in [1.165, 1.54) is 4.90 Å². The van der Waals surface area contributed by atoms with Crippen molar-refractivity contribution in [2.75, 3.05) is 11.9 Å². The standard InChI is InChI=1S/C19H20BrN3O3/c1-4-7-23-16(24)13-14(17(23)25)19(22-15(13)9(2)3)11-8-10(20)5-6-12(11)21-18(19)26/h4-6,8-9,13-15,22H,1,7H2,2-3H3,(H,21,26)/t13-,14-,15+,19-/m1/s1. The van der Waals surface area contributed by atoms with Gasteiger partial charge in [-0.15, -0.1) is 6.58 Å². The van der Waals surface area contributed by atoms with E-state index in [-0.39, 0.29) is 36.2 Å². The second-order valence-electron chi connectivity index (χ2n) is 7.45. The lowest BCUT2D eigenvalue weighted by atomic mass is 9.76. The molecule has 4 atom stereocenters. The van der Waals surface area contributed by atoms with Crippen molar-refractivity contribution >= 4 is 39.3 Å². The fourth-order valence-electron chi connectivity index (χ4n) is 4.65. The second kappa shape index (κ2) is 5.76. The van der Waals surface area contributed by atoms with Gasteiger partial charge in [0, 0.05) is 28.3 Å². The highest BCUT2D eigenvalue weighted by atomic mass is 79.9. The average molecular weight is 418 g/mol. The van der Waals surface area contributed by atoms with Gasteiger partial charge in [0.25, 0.3) is 0 Å². The van der Waals surface area contributed by atoms with Crippen molar-refractivity contribution in [3.05, 3.63) is 40.9 Å². The van der Waals surface area contributed by atoms with Gasteiger partial charge in [-0.3, -0.25) is 24.6 Å². The predicted molar refractivity (Wildman–Crippen MR) is 100 cm³/mol. The molecule has 0 aliphatic carbocycles. The second-order valence-corrected chi connectivity index (χ2v) is 8.36. The summed E-state index contributed by atoms with van der Waals surface area (Å²) in [6.07, 6.45) is 1.54. The molecule has 3 heterocycles. The molecule has 4 rings (SSSR count). The molecule has 0 radical (unpaired) electrons. The van der Waals surface area contributed by atoms with E-state index in [0.29, 0.717) is 5.69 Å².